The van der Waals surface area contributed by atoms with Crippen LogP contribution in [0.4, 0.5) is 0 Å². The molecule has 0 unspecified atom stereocenters. The molecule has 0 amide bonds. The maximum atomic E-state index is 7.95. The van der Waals surface area contributed by atoms with Crippen LogP contribution in [0.15, 0.2) is 36.9 Å². The van der Waals surface area contributed by atoms with Crippen molar-refractivity contribution >= 4 is 16.9 Å². The molecule has 6 nitrogen and oxygen atoms in total. The van der Waals surface area contributed by atoms with E-state index < -0.39 is 6.98 Å². The summed E-state index contributed by atoms with van der Waals surface area (Å²) in [5, 5.41) is 0. The molecule has 1 aliphatic heterocycles. The van der Waals surface area contributed by atoms with E-state index in [1.165, 1.54) is 4.57 Å². The minimum Gasteiger partial charge on any atom is -0.257 e. The molecule has 0 aromatic carbocycles. The van der Waals surface area contributed by atoms with Crippen LogP contribution < -0.4 is 4.57 Å². The van der Waals surface area contributed by atoms with Crippen LogP contribution >= 0.6 is 0 Å². The summed E-state index contributed by atoms with van der Waals surface area (Å²) in [5.74, 6) is 0.622. The van der Waals surface area contributed by atoms with Crippen molar-refractivity contribution in [3.63, 3.8) is 0 Å². The average Bonchev–Trinajstić information content (AvgIpc) is 3.12. The Labute approximate surface area is 118 Å². The first-order valence-corrected chi connectivity index (χ1v) is 6.27. The number of nitrogens with zero attached hydrogens (tertiary/aromatic N) is 6. The van der Waals surface area contributed by atoms with Crippen molar-refractivity contribution in [1.29, 1.82) is 0 Å². The summed E-state index contributed by atoms with van der Waals surface area (Å²) >= 11 is 0. The zero-order chi connectivity index (χ0) is 15.8. The molecule has 0 saturated heterocycles. The lowest BCUT2D eigenvalue weighted by Gasteiger charge is -1.95. The molecule has 5 rings (SSSR count). The van der Waals surface area contributed by atoms with Gasteiger partial charge in [-0.15, -0.1) is 0 Å². The third kappa shape index (κ3) is 1.01. The average molecular weight is 266 g/mol. The predicted octanol–water partition coefficient (Wildman–Crippen LogP) is 0.932. The fraction of sp³-hybridized carbons (Fsp3) is 0.143. The first-order valence-electron chi connectivity index (χ1n) is 7.77. The number of rotatable bonds is 0. The Morgan fingerprint density at radius 1 is 1.40 bits per heavy atom. The van der Waals surface area contributed by atoms with Crippen molar-refractivity contribution in [2.24, 2.45) is 6.98 Å². The quantitative estimate of drug-likeness (QED) is 0.392. The SMILES string of the molecule is [2H]C([2H])([2H])n1c2[n+](c3c1nc1cnccn13)Cc1ncccc1-2. The van der Waals surface area contributed by atoms with E-state index in [9.17, 15) is 0 Å². The van der Waals surface area contributed by atoms with Crippen LogP contribution in [0.1, 0.15) is 9.81 Å². The van der Waals surface area contributed by atoms with Crippen LogP contribution in [0.2, 0.25) is 0 Å². The molecule has 0 radical (unpaired) electrons. The maximum Gasteiger partial charge on any atom is 0.295 e. The van der Waals surface area contributed by atoms with Gasteiger partial charge in [-0.3, -0.25) is 9.97 Å². The van der Waals surface area contributed by atoms with Gasteiger partial charge in [-0.1, -0.05) is 0 Å². The Morgan fingerprint density at radius 2 is 2.40 bits per heavy atom. The van der Waals surface area contributed by atoms with Crippen LogP contribution in [0.3, 0.4) is 0 Å². The van der Waals surface area contributed by atoms with Crippen LogP contribution in [0.25, 0.3) is 28.3 Å². The Kier molecular flexibility index (Phi) is 1.24. The summed E-state index contributed by atoms with van der Waals surface area (Å²) in [5.41, 5.74) is 3.50. The van der Waals surface area contributed by atoms with Gasteiger partial charge in [0, 0.05) is 6.20 Å². The van der Waals surface area contributed by atoms with Gasteiger partial charge in [0.15, 0.2) is 0 Å². The van der Waals surface area contributed by atoms with Gasteiger partial charge in [-0.25, -0.2) is 13.5 Å². The molecular formula is C14H11N6+. The normalized spacial score (nSPS) is 15.9. The van der Waals surface area contributed by atoms with Crippen LogP contribution in [-0.2, 0) is 13.5 Å². The molecule has 0 spiro atoms. The van der Waals surface area contributed by atoms with Crippen molar-refractivity contribution < 1.29 is 8.68 Å². The standard InChI is InChI=1S/C14H11N6/c1-18-12-14(19-6-5-15-7-11(19)17-12)20-8-10-9(13(18)20)3-2-4-16-10/h2-7H,8H2,1H3/q+1/i1D3. The van der Waals surface area contributed by atoms with E-state index in [1.807, 2.05) is 21.1 Å². The summed E-state index contributed by atoms with van der Waals surface area (Å²) < 4.78 is 29.0. The topological polar surface area (TPSA) is 51.9 Å². The molecule has 0 N–H and O–H groups in total. The van der Waals surface area contributed by atoms with Crippen LogP contribution in [0, 0.1) is 0 Å². The van der Waals surface area contributed by atoms with Crippen molar-refractivity contribution in [3.05, 3.63) is 42.6 Å². The molecule has 4 aromatic heterocycles. The fourth-order valence-corrected chi connectivity index (χ4v) is 2.94. The number of aryl methyl sites for hydroxylation is 1. The van der Waals surface area contributed by atoms with Crippen LogP contribution in [0.5, 0.6) is 0 Å². The van der Waals surface area contributed by atoms with Gasteiger partial charge in [0.25, 0.3) is 11.3 Å². The van der Waals surface area contributed by atoms with Crippen molar-refractivity contribution in [2.45, 2.75) is 6.54 Å². The molecule has 0 aliphatic carbocycles. The summed E-state index contributed by atoms with van der Waals surface area (Å²) in [4.78, 5) is 12.9. The Morgan fingerprint density at radius 3 is 3.35 bits per heavy atom. The summed E-state index contributed by atoms with van der Waals surface area (Å²) in [7, 11) is 0. The Balaban J connectivity index is 2.01. The second-order valence-corrected chi connectivity index (χ2v) is 4.81. The number of imidazole rings is 2. The van der Waals surface area contributed by atoms with E-state index in [2.05, 4.69) is 15.0 Å². The Hall–Kier alpha value is -2.76. The van der Waals surface area contributed by atoms with Crippen LogP contribution in [-0.4, -0.2) is 23.9 Å². The fourth-order valence-electron chi connectivity index (χ4n) is 2.94. The molecule has 0 fully saturated rings. The number of hydrogen-bond acceptors (Lipinski definition) is 3. The van der Waals surface area contributed by atoms with Gasteiger partial charge in [0.1, 0.15) is 6.54 Å². The maximum absolute atomic E-state index is 7.95. The molecule has 20 heavy (non-hydrogen) atoms. The van der Waals surface area contributed by atoms with E-state index in [1.54, 1.807) is 24.8 Å². The molecule has 0 saturated carbocycles. The first kappa shape index (κ1) is 7.74. The van der Waals surface area contributed by atoms with Gasteiger partial charge < -0.3 is 0 Å². The predicted molar refractivity (Wildman–Crippen MR) is 72.0 cm³/mol. The lowest BCUT2D eigenvalue weighted by atomic mass is 10.2. The largest absolute Gasteiger partial charge is 0.295 e. The number of aromatic nitrogens is 6. The molecule has 0 bridgehead atoms. The number of hydrogen-bond donors (Lipinski definition) is 0. The zero-order valence-corrected chi connectivity index (χ0v) is 10.4. The van der Waals surface area contributed by atoms with E-state index >= 15 is 0 Å². The molecular weight excluding hydrogens is 252 g/mol. The highest BCUT2D eigenvalue weighted by molar-refractivity contribution is 5.75. The number of fused-ring (bicyclic) bond motifs is 7. The third-order valence-electron chi connectivity index (χ3n) is 3.76. The van der Waals surface area contributed by atoms with Gasteiger partial charge >= 0.3 is 0 Å². The minimum atomic E-state index is -2.33. The summed E-state index contributed by atoms with van der Waals surface area (Å²) in [6.07, 6.45) is 6.80. The van der Waals surface area contributed by atoms with Gasteiger partial charge in [-0.05, 0) is 12.1 Å². The van der Waals surface area contributed by atoms with Gasteiger partial charge in [0.2, 0.25) is 11.5 Å². The van der Waals surface area contributed by atoms with Crippen molar-refractivity contribution in [2.75, 3.05) is 0 Å². The zero-order valence-electron chi connectivity index (χ0n) is 13.4. The first-order chi connectivity index (χ1) is 11.1. The molecule has 1 aliphatic rings. The molecule has 0 atom stereocenters. The minimum absolute atomic E-state index is 0.433. The van der Waals surface area contributed by atoms with E-state index in [4.69, 9.17) is 4.11 Å². The smallest absolute Gasteiger partial charge is 0.257 e. The molecule has 4 aromatic rings. The Bertz CT molecular complexity index is 1090. The van der Waals surface area contributed by atoms with E-state index in [0.29, 0.717) is 23.7 Å². The monoisotopic (exact) mass is 266 g/mol. The summed E-state index contributed by atoms with van der Waals surface area (Å²) in [6, 6.07) is 3.72. The highest BCUT2D eigenvalue weighted by Crippen LogP contribution is 2.29. The molecule has 6 heteroatoms. The lowest BCUT2D eigenvalue weighted by Crippen LogP contribution is -2.32. The van der Waals surface area contributed by atoms with Crippen molar-refractivity contribution in [1.82, 2.24) is 23.9 Å². The second-order valence-electron chi connectivity index (χ2n) is 4.81. The van der Waals surface area contributed by atoms with Gasteiger partial charge in [-0.2, -0.15) is 4.98 Å². The second kappa shape index (κ2) is 3.22. The molecule has 5 heterocycles. The van der Waals surface area contributed by atoms with E-state index in [-0.39, 0.29) is 0 Å². The highest BCUT2D eigenvalue weighted by Gasteiger charge is 2.34. The lowest BCUT2D eigenvalue weighted by molar-refractivity contribution is -0.648. The van der Waals surface area contributed by atoms with E-state index in [0.717, 1.165) is 16.9 Å². The molecule has 96 valence electrons. The third-order valence-corrected chi connectivity index (χ3v) is 3.76. The highest BCUT2D eigenvalue weighted by atomic mass is 15.3. The summed E-state index contributed by atoms with van der Waals surface area (Å²) in [6.45, 7) is -1.80. The van der Waals surface area contributed by atoms with Crippen molar-refractivity contribution in [3.8, 4) is 11.4 Å². The van der Waals surface area contributed by atoms with Gasteiger partial charge in [0.05, 0.1) is 40.9 Å². The number of pyridine rings is 1.